The van der Waals surface area contributed by atoms with Gasteiger partial charge in [0.25, 0.3) is 5.91 Å². The number of aryl methyl sites for hydroxylation is 1. The lowest BCUT2D eigenvalue weighted by Gasteiger charge is -2.07. The van der Waals surface area contributed by atoms with Crippen LogP contribution in [-0.4, -0.2) is 17.2 Å². The van der Waals surface area contributed by atoms with Gasteiger partial charge in [0.15, 0.2) is 0 Å². The van der Waals surface area contributed by atoms with Crippen molar-refractivity contribution < 1.29 is 14.6 Å². The summed E-state index contributed by atoms with van der Waals surface area (Å²) < 4.78 is 5.73. The molecular formula is C22H18Cl2N2O3. The summed E-state index contributed by atoms with van der Waals surface area (Å²) in [6, 6.07) is 17.7. The molecule has 0 atom stereocenters. The highest BCUT2D eigenvalue weighted by atomic mass is 35.5. The molecule has 0 aliphatic rings. The van der Waals surface area contributed by atoms with E-state index in [0.29, 0.717) is 28.5 Å². The number of nitrogens with zero attached hydrogens (tertiary/aromatic N) is 1. The second-order valence-electron chi connectivity index (χ2n) is 6.32. The zero-order valence-corrected chi connectivity index (χ0v) is 17.0. The number of phenolic OH excluding ortho intramolecular Hbond substituents is 1. The van der Waals surface area contributed by atoms with Crippen LogP contribution in [0.1, 0.15) is 27.0 Å². The van der Waals surface area contributed by atoms with Gasteiger partial charge in [-0.05, 0) is 48.9 Å². The van der Waals surface area contributed by atoms with Crippen LogP contribution in [-0.2, 0) is 6.61 Å². The number of nitrogens with one attached hydrogen (secondary N) is 1. The largest absolute Gasteiger partial charge is 0.506 e. The van der Waals surface area contributed by atoms with E-state index in [1.807, 2.05) is 31.2 Å². The first-order valence-corrected chi connectivity index (χ1v) is 9.48. The van der Waals surface area contributed by atoms with Gasteiger partial charge in [-0.25, -0.2) is 5.43 Å². The molecule has 0 saturated heterocycles. The van der Waals surface area contributed by atoms with Crippen molar-refractivity contribution in [1.82, 2.24) is 5.43 Å². The maximum atomic E-state index is 12.2. The van der Waals surface area contributed by atoms with Crippen molar-refractivity contribution in [1.29, 1.82) is 0 Å². The normalized spacial score (nSPS) is 10.9. The Kier molecular flexibility index (Phi) is 6.75. The smallest absolute Gasteiger partial charge is 0.271 e. The van der Waals surface area contributed by atoms with E-state index in [0.717, 1.165) is 5.56 Å². The second-order valence-corrected chi connectivity index (χ2v) is 7.17. The minimum absolute atomic E-state index is 0.103. The topological polar surface area (TPSA) is 70.9 Å². The number of halogens is 2. The Morgan fingerprint density at radius 1 is 1.10 bits per heavy atom. The summed E-state index contributed by atoms with van der Waals surface area (Å²) in [7, 11) is 0. The minimum atomic E-state index is -0.404. The Labute approximate surface area is 178 Å². The van der Waals surface area contributed by atoms with E-state index in [-0.39, 0.29) is 10.8 Å². The van der Waals surface area contributed by atoms with E-state index in [1.165, 1.54) is 23.9 Å². The van der Waals surface area contributed by atoms with E-state index in [4.69, 9.17) is 27.9 Å². The van der Waals surface area contributed by atoms with Gasteiger partial charge >= 0.3 is 0 Å². The van der Waals surface area contributed by atoms with Crippen molar-refractivity contribution in [3.63, 3.8) is 0 Å². The summed E-state index contributed by atoms with van der Waals surface area (Å²) >= 11 is 11.7. The van der Waals surface area contributed by atoms with Crippen molar-refractivity contribution in [2.24, 2.45) is 5.10 Å². The number of benzene rings is 3. The quantitative estimate of drug-likeness (QED) is 0.410. The predicted molar refractivity (Wildman–Crippen MR) is 115 cm³/mol. The van der Waals surface area contributed by atoms with Crippen LogP contribution >= 0.6 is 23.2 Å². The molecule has 0 aliphatic heterocycles. The molecule has 0 aliphatic carbocycles. The Balaban J connectivity index is 1.57. The maximum absolute atomic E-state index is 12.2. The minimum Gasteiger partial charge on any atom is -0.506 e. The number of aromatic hydroxyl groups is 1. The molecule has 7 heteroatoms. The number of carbonyl (C=O) groups excluding carboxylic acids is 1. The molecule has 3 aromatic rings. The maximum Gasteiger partial charge on any atom is 0.271 e. The second kappa shape index (κ2) is 9.45. The Bertz CT molecular complexity index is 1030. The molecule has 0 heterocycles. The molecule has 0 fully saturated rings. The fraction of sp³-hybridized carbons (Fsp3) is 0.0909. The molecular weight excluding hydrogens is 411 g/mol. The van der Waals surface area contributed by atoms with E-state index < -0.39 is 5.91 Å². The van der Waals surface area contributed by atoms with Gasteiger partial charge in [-0.2, -0.15) is 5.10 Å². The lowest BCUT2D eigenvalue weighted by atomic mass is 10.2. The summed E-state index contributed by atoms with van der Waals surface area (Å²) in [5.41, 5.74) is 5.36. The standard InChI is InChI=1S/C22H18Cl2N2O3/c1-14-2-4-15(5-3-14)13-29-19-8-6-16(7-9-19)22(28)26-25-12-17-10-18(23)11-20(24)21(17)27/h2-12,27H,13H2,1H3,(H,26,28)/b25-12-. The molecule has 0 aromatic heterocycles. The molecule has 5 nitrogen and oxygen atoms in total. The molecule has 0 radical (unpaired) electrons. The number of hydrogen-bond donors (Lipinski definition) is 2. The zero-order chi connectivity index (χ0) is 20.8. The molecule has 1 amide bonds. The molecule has 3 aromatic carbocycles. The van der Waals surface area contributed by atoms with Gasteiger partial charge < -0.3 is 9.84 Å². The molecule has 2 N–H and O–H groups in total. The van der Waals surface area contributed by atoms with Crippen molar-refractivity contribution in [2.75, 3.05) is 0 Å². The van der Waals surface area contributed by atoms with Gasteiger partial charge in [0.1, 0.15) is 18.1 Å². The van der Waals surface area contributed by atoms with Crippen LogP contribution in [0.2, 0.25) is 10.0 Å². The Morgan fingerprint density at radius 3 is 2.48 bits per heavy atom. The van der Waals surface area contributed by atoms with Crippen LogP contribution in [0.4, 0.5) is 0 Å². The number of carbonyl (C=O) groups is 1. The Hall–Kier alpha value is -3.02. The molecule has 29 heavy (non-hydrogen) atoms. The summed E-state index contributed by atoms with van der Waals surface area (Å²) in [6.07, 6.45) is 1.27. The first kappa shape index (κ1) is 20.7. The van der Waals surface area contributed by atoms with Crippen molar-refractivity contribution in [3.8, 4) is 11.5 Å². The van der Waals surface area contributed by atoms with Gasteiger partial charge in [0.2, 0.25) is 0 Å². The average molecular weight is 429 g/mol. The highest BCUT2D eigenvalue weighted by Crippen LogP contribution is 2.29. The summed E-state index contributed by atoms with van der Waals surface area (Å²) in [6.45, 7) is 2.48. The third-order valence-electron chi connectivity index (χ3n) is 4.07. The van der Waals surface area contributed by atoms with E-state index >= 15 is 0 Å². The number of hydrazone groups is 1. The van der Waals surface area contributed by atoms with Gasteiger partial charge in [-0.15, -0.1) is 0 Å². The molecule has 0 bridgehead atoms. The van der Waals surface area contributed by atoms with Crippen LogP contribution in [0, 0.1) is 6.92 Å². The van der Waals surface area contributed by atoms with E-state index in [1.54, 1.807) is 24.3 Å². The van der Waals surface area contributed by atoms with Crippen LogP contribution < -0.4 is 10.2 Å². The van der Waals surface area contributed by atoms with Crippen LogP contribution in [0.25, 0.3) is 0 Å². The number of amides is 1. The van der Waals surface area contributed by atoms with Crippen molar-refractivity contribution in [3.05, 3.63) is 93.0 Å². The number of phenols is 1. The van der Waals surface area contributed by atoms with Gasteiger partial charge in [0.05, 0.1) is 11.2 Å². The Morgan fingerprint density at radius 2 is 1.79 bits per heavy atom. The van der Waals surface area contributed by atoms with Crippen LogP contribution in [0.3, 0.4) is 0 Å². The first-order chi connectivity index (χ1) is 13.9. The van der Waals surface area contributed by atoms with E-state index in [2.05, 4.69) is 10.5 Å². The first-order valence-electron chi connectivity index (χ1n) is 8.72. The van der Waals surface area contributed by atoms with Crippen LogP contribution in [0.5, 0.6) is 11.5 Å². The summed E-state index contributed by atoms with van der Waals surface area (Å²) in [4.78, 5) is 12.2. The predicted octanol–water partition coefficient (Wildman–Crippen LogP) is 5.35. The van der Waals surface area contributed by atoms with Crippen molar-refractivity contribution in [2.45, 2.75) is 13.5 Å². The van der Waals surface area contributed by atoms with Crippen molar-refractivity contribution >= 4 is 35.3 Å². The SMILES string of the molecule is Cc1ccc(COc2ccc(C(=O)N/N=C\c3cc(Cl)cc(Cl)c3O)cc2)cc1. The van der Waals surface area contributed by atoms with Crippen LogP contribution in [0.15, 0.2) is 65.8 Å². The molecule has 3 rings (SSSR count). The van der Waals surface area contributed by atoms with Gasteiger partial charge in [-0.1, -0.05) is 53.0 Å². The monoisotopic (exact) mass is 428 g/mol. The molecule has 0 unspecified atom stereocenters. The van der Waals surface area contributed by atoms with Gasteiger partial charge in [0, 0.05) is 16.1 Å². The summed E-state index contributed by atoms with van der Waals surface area (Å²) in [5.74, 6) is 0.0900. The molecule has 0 spiro atoms. The lowest BCUT2D eigenvalue weighted by molar-refractivity contribution is 0.0955. The number of rotatable bonds is 6. The molecule has 148 valence electrons. The highest BCUT2D eigenvalue weighted by molar-refractivity contribution is 6.36. The third-order valence-corrected chi connectivity index (χ3v) is 4.58. The lowest BCUT2D eigenvalue weighted by Crippen LogP contribution is -2.17. The number of hydrogen-bond acceptors (Lipinski definition) is 4. The average Bonchev–Trinajstić information content (AvgIpc) is 2.71. The van der Waals surface area contributed by atoms with E-state index in [9.17, 15) is 9.90 Å². The zero-order valence-electron chi connectivity index (χ0n) is 15.5. The summed E-state index contributed by atoms with van der Waals surface area (Å²) in [5, 5.41) is 14.2. The molecule has 0 saturated carbocycles. The highest BCUT2D eigenvalue weighted by Gasteiger charge is 2.07. The third kappa shape index (κ3) is 5.73. The van der Waals surface area contributed by atoms with Gasteiger partial charge in [-0.3, -0.25) is 4.79 Å². The fourth-order valence-electron chi connectivity index (χ4n) is 2.46. The number of ether oxygens (including phenoxy) is 1. The fourth-order valence-corrected chi connectivity index (χ4v) is 2.97.